The number of likely N-dealkylation sites (tertiary alicyclic amines) is 1. The fourth-order valence-corrected chi connectivity index (χ4v) is 5.05. The molecule has 1 aliphatic heterocycles. The first-order valence-electron chi connectivity index (χ1n) is 11.4. The van der Waals surface area contributed by atoms with Crippen molar-refractivity contribution in [1.29, 1.82) is 0 Å². The van der Waals surface area contributed by atoms with Crippen molar-refractivity contribution in [2.24, 2.45) is 16.7 Å². The molecular formula is C23H40N2O5. The van der Waals surface area contributed by atoms with Crippen LogP contribution in [-0.2, 0) is 14.3 Å². The van der Waals surface area contributed by atoms with Gasteiger partial charge in [-0.15, -0.1) is 0 Å². The molecule has 2 aliphatic carbocycles. The van der Waals surface area contributed by atoms with Gasteiger partial charge in [0, 0.05) is 31.7 Å². The summed E-state index contributed by atoms with van der Waals surface area (Å²) >= 11 is 0. The minimum atomic E-state index is -0.652. The van der Waals surface area contributed by atoms with Crippen LogP contribution in [0.15, 0.2) is 0 Å². The lowest BCUT2D eigenvalue weighted by Crippen LogP contribution is -2.54. The number of methoxy groups -OCH3 is 1. The summed E-state index contributed by atoms with van der Waals surface area (Å²) in [6.07, 6.45) is 5.18. The average Bonchev–Trinajstić information content (AvgIpc) is 3.32. The molecule has 1 amide bonds. The molecule has 0 bridgehead atoms. The van der Waals surface area contributed by atoms with Crippen molar-refractivity contribution in [2.45, 2.75) is 77.9 Å². The first kappa shape index (κ1) is 23.3. The molecule has 0 unspecified atom stereocenters. The molecule has 7 heteroatoms. The molecule has 0 radical (unpaired) electrons. The molecule has 1 N–H and O–H groups in total. The van der Waals surface area contributed by atoms with E-state index in [1.165, 1.54) is 0 Å². The Labute approximate surface area is 181 Å². The lowest BCUT2D eigenvalue weighted by Gasteiger charge is -2.47. The van der Waals surface area contributed by atoms with Crippen molar-refractivity contribution < 1.29 is 24.2 Å². The zero-order valence-electron chi connectivity index (χ0n) is 19.4. The highest BCUT2D eigenvalue weighted by Gasteiger charge is 2.49. The summed E-state index contributed by atoms with van der Waals surface area (Å²) in [7, 11) is 1.72. The number of piperidine rings is 1. The highest BCUT2D eigenvalue weighted by atomic mass is 16.6. The Balaban J connectivity index is 1.65. The first-order chi connectivity index (χ1) is 14.0. The Hall–Kier alpha value is -1.34. The number of carbonyl (C=O) groups is 2. The van der Waals surface area contributed by atoms with E-state index < -0.39 is 17.0 Å². The van der Waals surface area contributed by atoms with Crippen LogP contribution in [0.4, 0.5) is 4.79 Å². The molecule has 0 spiro atoms. The lowest BCUT2D eigenvalue weighted by atomic mass is 9.68. The topological polar surface area (TPSA) is 79.3 Å². The third-order valence-corrected chi connectivity index (χ3v) is 7.26. The summed E-state index contributed by atoms with van der Waals surface area (Å²) in [4.78, 5) is 29.0. The summed E-state index contributed by atoms with van der Waals surface area (Å²) in [6.45, 7) is 11.5. The second-order valence-corrected chi connectivity index (χ2v) is 11.0. The third-order valence-electron chi connectivity index (χ3n) is 7.26. The molecule has 3 fully saturated rings. The zero-order chi connectivity index (χ0) is 22.2. The van der Waals surface area contributed by atoms with E-state index in [4.69, 9.17) is 9.47 Å². The fraction of sp³-hybridized carbons (Fsp3) is 0.913. The quantitative estimate of drug-likeness (QED) is 0.641. The van der Waals surface area contributed by atoms with E-state index >= 15 is 0 Å². The molecule has 7 nitrogen and oxygen atoms in total. The van der Waals surface area contributed by atoms with Gasteiger partial charge in [-0.05, 0) is 71.9 Å². The van der Waals surface area contributed by atoms with Gasteiger partial charge in [0.05, 0.1) is 12.0 Å². The maximum Gasteiger partial charge on any atom is 0.410 e. The minimum Gasteiger partial charge on any atom is -0.481 e. The number of hydrogen-bond acceptors (Lipinski definition) is 5. The van der Waals surface area contributed by atoms with E-state index in [1.54, 1.807) is 7.11 Å². The van der Waals surface area contributed by atoms with Crippen molar-refractivity contribution in [3.8, 4) is 0 Å². The summed E-state index contributed by atoms with van der Waals surface area (Å²) in [5, 5.41) is 9.66. The van der Waals surface area contributed by atoms with Crippen molar-refractivity contribution in [3.63, 3.8) is 0 Å². The molecule has 0 aromatic heterocycles. The Bertz CT molecular complexity index is 632. The third kappa shape index (κ3) is 5.28. The van der Waals surface area contributed by atoms with Gasteiger partial charge in [0.25, 0.3) is 0 Å². The van der Waals surface area contributed by atoms with Gasteiger partial charge in [-0.25, -0.2) is 4.79 Å². The lowest BCUT2D eigenvalue weighted by molar-refractivity contribution is -0.157. The second kappa shape index (κ2) is 8.65. The SMILES string of the molecule is COCC1(CN(C(=O)OC(C)(C)C)[C@@H]2C[C@H]2C)CCN(CC2(C(=O)O)CCC2)CC1. The largest absolute Gasteiger partial charge is 0.481 e. The van der Waals surface area contributed by atoms with Crippen LogP contribution in [0, 0.1) is 16.7 Å². The second-order valence-electron chi connectivity index (χ2n) is 11.0. The van der Waals surface area contributed by atoms with Crippen LogP contribution in [0.25, 0.3) is 0 Å². The van der Waals surface area contributed by atoms with Gasteiger partial charge in [-0.2, -0.15) is 0 Å². The van der Waals surface area contributed by atoms with Gasteiger partial charge in [0.1, 0.15) is 5.60 Å². The molecule has 30 heavy (non-hydrogen) atoms. The zero-order valence-corrected chi connectivity index (χ0v) is 19.4. The standard InChI is InChI=1S/C23H40N2O5/c1-17-13-18(17)25(20(28)30-21(2,3)4)14-22(16-29-5)9-11-24(12-10-22)15-23(19(26)27)7-6-8-23/h17-18H,6-16H2,1-5H3,(H,26,27)/t17-,18-/m1/s1. The number of carboxylic acids is 1. The van der Waals surface area contributed by atoms with Crippen LogP contribution in [-0.4, -0.2) is 78.5 Å². The Morgan fingerprint density at radius 2 is 1.77 bits per heavy atom. The Morgan fingerprint density at radius 3 is 2.17 bits per heavy atom. The molecule has 0 aromatic rings. The Morgan fingerprint density at radius 1 is 1.17 bits per heavy atom. The van der Waals surface area contributed by atoms with Gasteiger partial charge in [0.2, 0.25) is 0 Å². The molecule has 2 saturated carbocycles. The number of carbonyl (C=O) groups excluding carboxylic acids is 1. The van der Waals surface area contributed by atoms with Crippen LogP contribution in [0.1, 0.15) is 66.2 Å². The van der Waals surface area contributed by atoms with Gasteiger partial charge in [-0.1, -0.05) is 13.3 Å². The van der Waals surface area contributed by atoms with Crippen molar-refractivity contribution in [1.82, 2.24) is 9.80 Å². The maximum absolute atomic E-state index is 13.0. The number of carboxylic acid groups (broad SMARTS) is 1. The molecule has 0 aromatic carbocycles. The molecule has 1 saturated heterocycles. The van der Waals surface area contributed by atoms with Crippen LogP contribution >= 0.6 is 0 Å². The summed E-state index contributed by atoms with van der Waals surface area (Å²) < 4.78 is 11.3. The first-order valence-corrected chi connectivity index (χ1v) is 11.4. The fourth-order valence-electron chi connectivity index (χ4n) is 5.05. The van der Waals surface area contributed by atoms with E-state index in [-0.39, 0.29) is 17.6 Å². The number of hydrogen-bond donors (Lipinski definition) is 1. The summed E-state index contributed by atoms with van der Waals surface area (Å²) in [6, 6.07) is 0.247. The average molecular weight is 425 g/mol. The molecule has 3 aliphatic rings. The summed E-state index contributed by atoms with van der Waals surface area (Å²) in [5.41, 5.74) is -1.17. The van der Waals surface area contributed by atoms with Crippen LogP contribution in [0.2, 0.25) is 0 Å². The van der Waals surface area contributed by atoms with E-state index in [2.05, 4.69) is 11.8 Å². The molecule has 2 atom stereocenters. The van der Waals surface area contributed by atoms with Gasteiger partial charge >= 0.3 is 12.1 Å². The molecule has 1 heterocycles. The molecule has 3 rings (SSSR count). The van der Waals surface area contributed by atoms with Crippen LogP contribution in [0.5, 0.6) is 0 Å². The van der Waals surface area contributed by atoms with Crippen LogP contribution < -0.4 is 0 Å². The number of amides is 1. The Kier molecular flexibility index (Phi) is 6.73. The van der Waals surface area contributed by atoms with Gasteiger partial charge < -0.3 is 24.4 Å². The van der Waals surface area contributed by atoms with Gasteiger partial charge in [-0.3, -0.25) is 4.79 Å². The van der Waals surface area contributed by atoms with E-state index in [0.717, 1.165) is 51.6 Å². The predicted octanol–water partition coefficient (Wildman–Crippen LogP) is 3.62. The van der Waals surface area contributed by atoms with Crippen molar-refractivity contribution in [2.75, 3.05) is 39.9 Å². The van der Waals surface area contributed by atoms with Crippen molar-refractivity contribution >= 4 is 12.1 Å². The monoisotopic (exact) mass is 424 g/mol. The number of aliphatic carboxylic acids is 1. The number of ether oxygens (including phenoxy) is 2. The van der Waals surface area contributed by atoms with Crippen LogP contribution in [0.3, 0.4) is 0 Å². The maximum atomic E-state index is 13.0. The van der Waals surface area contributed by atoms with Gasteiger partial charge in [0.15, 0.2) is 0 Å². The minimum absolute atomic E-state index is 0.111. The van der Waals surface area contributed by atoms with E-state index in [0.29, 0.717) is 25.6 Å². The summed E-state index contributed by atoms with van der Waals surface area (Å²) in [5.74, 6) is -0.146. The number of rotatable bonds is 8. The van der Waals surface area contributed by atoms with Crippen molar-refractivity contribution in [3.05, 3.63) is 0 Å². The molecular weight excluding hydrogens is 384 g/mol. The normalized spacial score (nSPS) is 27.8. The highest BCUT2D eigenvalue weighted by molar-refractivity contribution is 5.76. The predicted molar refractivity (Wildman–Crippen MR) is 114 cm³/mol. The van der Waals surface area contributed by atoms with E-state index in [1.807, 2.05) is 25.7 Å². The number of nitrogens with zero attached hydrogens (tertiary/aromatic N) is 2. The smallest absolute Gasteiger partial charge is 0.410 e. The van der Waals surface area contributed by atoms with E-state index in [9.17, 15) is 14.7 Å². The highest BCUT2D eigenvalue weighted by Crippen LogP contribution is 2.44. The molecule has 172 valence electrons.